The summed E-state index contributed by atoms with van der Waals surface area (Å²) in [5.74, 6) is -0.257. The number of carbonyl (C=O) groups excluding carboxylic acids is 2. The highest BCUT2D eigenvalue weighted by atomic mass is 32.1. The van der Waals surface area contributed by atoms with Crippen LogP contribution in [0.4, 0.5) is 5.69 Å². The highest BCUT2D eigenvalue weighted by molar-refractivity contribution is 7.10. The first-order valence-corrected chi connectivity index (χ1v) is 8.01. The first-order valence-electron chi connectivity index (χ1n) is 7.13. The number of anilines is 1. The molecule has 1 heterocycles. The van der Waals surface area contributed by atoms with E-state index in [0.717, 1.165) is 16.1 Å². The topological polar surface area (TPSA) is 58.2 Å². The number of aryl methyl sites for hydroxylation is 2. The molecule has 1 aromatic carbocycles. The summed E-state index contributed by atoms with van der Waals surface area (Å²) in [6.45, 7) is 5.50. The molecule has 0 bridgehead atoms. The molecule has 0 aliphatic heterocycles. The first kappa shape index (κ1) is 16.2. The van der Waals surface area contributed by atoms with Crippen molar-refractivity contribution in [2.45, 2.75) is 33.2 Å². The SMILES string of the molecule is CC(=O)N[C@H](CC(=O)Nc1ccc(C)c(C)c1)c1cccs1. The molecule has 0 aliphatic carbocycles. The zero-order valence-corrected chi connectivity index (χ0v) is 13.8. The van der Waals surface area contributed by atoms with Crippen LogP contribution in [0.15, 0.2) is 35.7 Å². The molecular formula is C17H20N2O2S. The van der Waals surface area contributed by atoms with Crippen LogP contribution < -0.4 is 10.6 Å². The van der Waals surface area contributed by atoms with Crippen LogP contribution >= 0.6 is 11.3 Å². The minimum absolute atomic E-state index is 0.115. The Balaban J connectivity index is 2.04. The van der Waals surface area contributed by atoms with E-state index in [9.17, 15) is 9.59 Å². The average Bonchev–Trinajstić information content (AvgIpc) is 2.95. The number of benzene rings is 1. The second-order valence-corrected chi connectivity index (χ2v) is 6.30. The maximum atomic E-state index is 12.2. The van der Waals surface area contributed by atoms with Gasteiger partial charge in [-0.3, -0.25) is 9.59 Å². The summed E-state index contributed by atoms with van der Waals surface area (Å²) >= 11 is 1.53. The molecule has 1 atom stereocenters. The predicted octanol–water partition coefficient (Wildman–Crippen LogP) is 3.57. The van der Waals surface area contributed by atoms with Crippen molar-refractivity contribution in [2.24, 2.45) is 0 Å². The van der Waals surface area contributed by atoms with E-state index in [1.54, 1.807) is 0 Å². The van der Waals surface area contributed by atoms with Crippen LogP contribution in [0.1, 0.15) is 35.4 Å². The standard InChI is InChI=1S/C17H20N2O2S/c1-11-6-7-14(9-12(11)2)19-17(21)10-15(18-13(3)20)16-5-4-8-22-16/h4-9,15H,10H2,1-3H3,(H,18,20)(H,19,21)/t15-/m1/s1. The van der Waals surface area contributed by atoms with Crippen LogP contribution in [0.25, 0.3) is 0 Å². The third-order valence-electron chi connectivity index (χ3n) is 3.44. The van der Waals surface area contributed by atoms with Gasteiger partial charge >= 0.3 is 0 Å². The van der Waals surface area contributed by atoms with Crippen LogP contribution in [0.2, 0.25) is 0 Å². The Bertz CT molecular complexity index is 665. The number of carbonyl (C=O) groups is 2. The van der Waals surface area contributed by atoms with Crippen molar-refractivity contribution in [3.05, 3.63) is 51.7 Å². The van der Waals surface area contributed by atoms with Crippen molar-refractivity contribution >= 4 is 28.8 Å². The third kappa shape index (κ3) is 4.43. The van der Waals surface area contributed by atoms with Crippen LogP contribution in [0, 0.1) is 13.8 Å². The zero-order chi connectivity index (χ0) is 16.1. The second kappa shape index (κ2) is 7.22. The molecule has 2 amide bonds. The van der Waals surface area contributed by atoms with Gasteiger partial charge in [-0.2, -0.15) is 0 Å². The normalized spacial score (nSPS) is 11.8. The lowest BCUT2D eigenvalue weighted by atomic mass is 10.1. The van der Waals surface area contributed by atoms with Gasteiger partial charge in [0.2, 0.25) is 11.8 Å². The summed E-state index contributed by atoms with van der Waals surface area (Å²) in [7, 11) is 0. The van der Waals surface area contributed by atoms with E-state index in [1.165, 1.54) is 23.8 Å². The summed E-state index contributed by atoms with van der Waals surface area (Å²) < 4.78 is 0. The number of rotatable bonds is 5. The lowest BCUT2D eigenvalue weighted by Crippen LogP contribution is -2.29. The van der Waals surface area contributed by atoms with E-state index in [1.807, 2.05) is 49.6 Å². The van der Waals surface area contributed by atoms with Gasteiger partial charge in [-0.1, -0.05) is 12.1 Å². The highest BCUT2D eigenvalue weighted by Gasteiger charge is 2.18. The number of thiophene rings is 1. The minimum Gasteiger partial charge on any atom is -0.348 e. The van der Waals surface area contributed by atoms with Crippen molar-refractivity contribution in [3.63, 3.8) is 0 Å². The van der Waals surface area contributed by atoms with E-state index in [2.05, 4.69) is 10.6 Å². The number of amides is 2. The Labute approximate surface area is 134 Å². The highest BCUT2D eigenvalue weighted by Crippen LogP contribution is 2.23. The molecule has 5 heteroatoms. The van der Waals surface area contributed by atoms with E-state index >= 15 is 0 Å². The smallest absolute Gasteiger partial charge is 0.226 e. The van der Waals surface area contributed by atoms with E-state index in [4.69, 9.17) is 0 Å². The Kier molecular flexibility index (Phi) is 5.33. The molecule has 22 heavy (non-hydrogen) atoms. The fourth-order valence-corrected chi connectivity index (χ4v) is 2.95. The minimum atomic E-state index is -0.288. The largest absolute Gasteiger partial charge is 0.348 e. The van der Waals surface area contributed by atoms with E-state index in [-0.39, 0.29) is 24.3 Å². The fourth-order valence-electron chi connectivity index (χ4n) is 2.17. The Morgan fingerprint density at radius 3 is 2.55 bits per heavy atom. The molecule has 0 saturated heterocycles. The number of hydrogen-bond donors (Lipinski definition) is 2. The van der Waals surface area contributed by atoms with E-state index in [0.29, 0.717) is 0 Å². The van der Waals surface area contributed by atoms with Gasteiger partial charge in [0, 0.05) is 17.5 Å². The van der Waals surface area contributed by atoms with Crippen molar-refractivity contribution in [1.29, 1.82) is 0 Å². The molecule has 0 spiro atoms. The Morgan fingerprint density at radius 1 is 1.18 bits per heavy atom. The average molecular weight is 316 g/mol. The van der Waals surface area contributed by atoms with Crippen LogP contribution in [-0.4, -0.2) is 11.8 Å². The third-order valence-corrected chi connectivity index (χ3v) is 4.43. The van der Waals surface area contributed by atoms with Gasteiger partial charge in [0.15, 0.2) is 0 Å². The molecule has 0 saturated carbocycles. The molecule has 2 rings (SSSR count). The fraction of sp³-hybridized carbons (Fsp3) is 0.294. The maximum absolute atomic E-state index is 12.2. The maximum Gasteiger partial charge on any atom is 0.226 e. The molecular weight excluding hydrogens is 296 g/mol. The van der Waals surface area contributed by atoms with Gasteiger partial charge in [-0.15, -0.1) is 11.3 Å². The van der Waals surface area contributed by atoms with Gasteiger partial charge in [-0.05, 0) is 48.6 Å². The molecule has 0 radical (unpaired) electrons. The van der Waals surface area contributed by atoms with Crippen molar-refractivity contribution in [3.8, 4) is 0 Å². The van der Waals surface area contributed by atoms with Gasteiger partial charge in [0.1, 0.15) is 0 Å². The Morgan fingerprint density at radius 2 is 1.95 bits per heavy atom. The molecule has 0 aliphatic rings. The molecule has 116 valence electrons. The van der Waals surface area contributed by atoms with E-state index < -0.39 is 0 Å². The number of nitrogens with one attached hydrogen (secondary N) is 2. The van der Waals surface area contributed by atoms with Gasteiger partial charge in [0.25, 0.3) is 0 Å². The second-order valence-electron chi connectivity index (χ2n) is 5.32. The monoisotopic (exact) mass is 316 g/mol. The molecule has 2 aromatic rings. The van der Waals surface area contributed by atoms with Gasteiger partial charge in [-0.25, -0.2) is 0 Å². The summed E-state index contributed by atoms with van der Waals surface area (Å²) in [6.07, 6.45) is 0.215. The molecule has 2 N–H and O–H groups in total. The predicted molar refractivity (Wildman–Crippen MR) is 90.0 cm³/mol. The molecule has 4 nitrogen and oxygen atoms in total. The van der Waals surface area contributed by atoms with Crippen molar-refractivity contribution < 1.29 is 9.59 Å². The van der Waals surface area contributed by atoms with Crippen LogP contribution in [0.3, 0.4) is 0 Å². The van der Waals surface area contributed by atoms with Crippen LogP contribution in [-0.2, 0) is 9.59 Å². The Hall–Kier alpha value is -2.14. The molecule has 1 aromatic heterocycles. The van der Waals surface area contributed by atoms with Gasteiger partial charge in [0.05, 0.1) is 12.5 Å². The molecule has 0 unspecified atom stereocenters. The zero-order valence-electron chi connectivity index (χ0n) is 13.0. The van der Waals surface area contributed by atoms with Crippen LogP contribution in [0.5, 0.6) is 0 Å². The number of hydrogen-bond acceptors (Lipinski definition) is 3. The quantitative estimate of drug-likeness (QED) is 0.886. The summed E-state index contributed by atoms with van der Waals surface area (Å²) in [4.78, 5) is 24.5. The summed E-state index contributed by atoms with van der Waals surface area (Å²) in [6, 6.07) is 9.37. The van der Waals surface area contributed by atoms with Crippen molar-refractivity contribution in [1.82, 2.24) is 5.32 Å². The molecule has 0 fully saturated rings. The summed E-state index contributed by atoms with van der Waals surface area (Å²) in [5, 5.41) is 7.66. The lowest BCUT2D eigenvalue weighted by Gasteiger charge is -2.16. The summed E-state index contributed by atoms with van der Waals surface area (Å²) in [5.41, 5.74) is 3.10. The van der Waals surface area contributed by atoms with Gasteiger partial charge < -0.3 is 10.6 Å². The first-order chi connectivity index (χ1) is 10.5. The van der Waals surface area contributed by atoms with Crippen molar-refractivity contribution in [2.75, 3.05) is 5.32 Å². The lowest BCUT2D eigenvalue weighted by molar-refractivity contribution is -0.120.